The van der Waals surface area contributed by atoms with E-state index < -0.39 is 41.7 Å². The van der Waals surface area contributed by atoms with Crippen molar-refractivity contribution < 1.29 is 24.0 Å². The average molecular weight is 827 g/mol. The highest BCUT2D eigenvalue weighted by Gasteiger charge is 2.58. The highest BCUT2D eigenvalue weighted by molar-refractivity contribution is 8.00. The van der Waals surface area contributed by atoms with Gasteiger partial charge in [0, 0.05) is 23.8 Å². The van der Waals surface area contributed by atoms with Gasteiger partial charge in [0.25, 0.3) is 5.91 Å². The number of nitrogens with zero attached hydrogens (tertiary/aromatic N) is 4. The third-order valence-electron chi connectivity index (χ3n) is 10.2. The molecule has 11 nitrogen and oxygen atoms in total. The van der Waals surface area contributed by atoms with E-state index in [1.165, 1.54) is 18.9 Å². The summed E-state index contributed by atoms with van der Waals surface area (Å²) < 4.78 is 10.8. The van der Waals surface area contributed by atoms with Crippen LogP contribution in [0.2, 0.25) is 0 Å². The van der Waals surface area contributed by atoms with Crippen LogP contribution in [0.4, 0.5) is 5.13 Å². The SMILES string of the molecule is CON=C(C(=O)NC1C(=O)N2CC(C=P(c3ccccc3)(c3ccccc3)c3ccccc3)(C(=O)OC(c3ccccc3)c3ccccc3)CS[C@H]12)c1nsc(N)n1. The molecule has 0 bridgehead atoms. The number of nitrogens with two attached hydrogens (primary N) is 1. The second-order valence-electron chi connectivity index (χ2n) is 13.8. The van der Waals surface area contributed by atoms with Gasteiger partial charge in [-0.15, -0.1) is 11.8 Å². The van der Waals surface area contributed by atoms with Crippen LogP contribution in [0.1, 0.15) is 23.1 Å². The molecule has 14 heteroatoms. The number of β-lactam (4-membered cyclic amide) rings is 1. The predicted molar refractivity (Wildman–Crippen MR) is 232 cm³/mol. The van der Waals surface area contributed by atoms with Crippen LogP contribution in [0.3, 0.4) is 0 Å². The van der Waals surface area contributed by atoms with Gasteiger partial charge in [0.1, 0.15) is 23.9 Å². The minimum Gasteiger partial charge on any atom is -0.452 e. The van der Waals surface area contributed by atoms with Gasteiger partial charge in [0.15, 0.2) is 11.2 Å². The molecule has 2 saturated heterocycles. The highest BCUT2D eigenvalue weighted by atomic mass is 32.2. The number of carbonyl (C=O) groups excluding carboxylic acids is 3. The second-order valence-corrected chi connectivity index (χ2v) is 19.0. The first kappa shape index (κ1) is 38.8. The molecule has 2 unspecified atom stereocenters. The number of hydrogen-bond acceptors (Lipinski definition) is 11. The largest absolute Gasteiger partial charge is 0.452 e. The van der Waals surface area contributed by atoms with Gasteiger partial charge in [-0.2, -0.15) is 9.36 Å². The monoisotopic (exact) mass is 826 g/mol. The molecule has 0 aliphatic carbocycles. The van der Waals surface area contributed by atoms with E-state index in [1.54, 1.807) is 4.90 Å². The Hall–Kier alpha value is -6.01. The molecule has 0 radical (unpaired) electrons. The molecule has 5 aromatic carbocycles. The quantitative estimate of drug-likeness (QED) is 0.0573. The smallest absolute Gasteiger partial charge is 0.319 e. The second kappa shape index (κ2) is 16.8. The third-order valence-corrected chi connectivity index (χ3v) is 16.5. The molecule has 8 rings (SSSR count). The summed E-state index contributed by atoms with van der Waals surface area (Å²) in [6, 6.07) is 49.2. The average Bonchev–Trinajstić information content (AvgIpc) is 3.72. The van der Waals surface area contributed by atoms with Crippen molar-refractivity contribution in [2.24, 2.45) is 10.6 Å². The maximum absolute atomic E-state index is 15.5. The standard InChI is InChI=1S/C44H39N6O5PS2/c1-54-48-35(38-47-43(45)58-49-38)39(51)46-36-40(52)50-27-44(29-57-41(36)50,42(53)55-37(30-17-7-2-8-18-30)31-19-9-3-10-20-31)28-56(32-21-11-4-12-22-32,33-23-13-5-14-24-33)34-25-15-6-16-26-34/h2-26,28,36-37,41H,27,29H2,1H3,(H,46,51)(H2,45,47,49)/t36?,41-,44?/m1/s1. The topological polar surface area (TPSA) is 149 Å². The predicted octanol–water partition coefficient (Wildman–Crippen LogP) is 4.99. The Morgan fingerprint density at radius 1 is 0.845 bits per heavy atom. The van der Waals surface area contributed by atoms with E-state index in [-0.39, 0.29) is 34.9 Å². The van der Waals surface area contributed by atoms with Crippen LogP contribution in [0.5, 0.6) is 0 Å². The van der Waals surface area contributed by atoms with Crippen molar-refractivity contribution in [3.8, 4) is 0 Å². The number of oxime groups is 1. The summed E-state index contributed by atoms with van der Waals surface area (Å²) in [7, 11) is 1.30. The fraction of sp³-hybridized carbons (Fsp3) is 0.159. The lowest BCUT2D eigenvalue weighted by molar-refractivity contribution is -0.160. The Morgan fingerprint density at radius 3 is 1.81 bits per heavy atom. The molecule has 58 heavy (non-hydrogen) atoms. The van der Waals surface area contributed by atoms with Crippen LogP contribution in [0.15, 0.2) is 157 Å². The Labute approximate surface area is 344 Å². The molecular weight excluding hydrogens is 788 g/mol. The molecule has 2 aliphatic rings. The molecular formula is C44H39N6O5PS2. The Kier molecular flexibility index (Phi) is 11.3. The number of nitrogens with one attached hydrogen (secondary N) is 1. The van der Waals surface area contributed by atoms with Gasteiger partial charge >= 0.3 is 5.97 Å². The zero-order valence-electron chi connectivity index (χ0n) is 31.3. The van der Waals surface area contributed by atoms with Crippen molar-refractivity contribution in [1.82, 2.24) is 19.6 Å². The summed E-state index contributed by atoms with van der Waals surface area (Å²) in [6.45, 7) is -2.73. The number of esters is 1. The molecule has 3 N–H and O–H groups in total. The van der Waals surface area contributed by atoms with Crippen LogP contribution < -0.4 is 27.0 Å². The van der Waals surface area contributed by atoms with E-state index in [9.17, 15) is 9.59 Å². The molecule has 3 heterocycles. The van der Waals surface area contributed by atoms with E-state index in [1.807, 2.05) is 115 Å². The minimum absolute atomic E-state index is 0.00688. The first-order valence-electron chi connectivity index (χ1n) is 18.5. The zero-order valence-corrected chi connectivity index (χ0v) is 33.9. The van der Waals surface area contributed by atoms with Crippen LogP contribution >= 0.6 is 30.2 Å². The number of thioether (sulfide) groups is 1. The van der Waals surface area contributed by atoms with Gasteiger partial charge in [-0.3, -0.25) is 14.4 Å². The molecule has 2 amide bonds. The van der Waals surface area contributed by atoms with E-state index >= 15 is 4.79 Å². The number of rotatable bonds is 12. The van der Waals surface area contributed by atoms with Crippen molar-refractivity contribution >= 4 is 80.5 Å². The number of fused-ring (bicyclic) bond motifs is 1. The molecule has 3 atom stereocenters. The van der Waals surface area contributed by atoms with Crippen LogP contribution in [0, 0.1) is 5.41 Å². The van der Waals surface area contributed by atoms with Gasteiger partial charge in [-0.25, -0.2) is 0 Å². The number of nitrogen functional groups attached to an aromatic ring is 1. The summed E-state index contributed by atoms with van der Waals surface area (Å²) in [4.78, 5) is 53.9. The summed E-state index contributed by atoms with van der Waals surface area (Å²) in [5.74, 6) is 0.985. The number of aromatic nitrogens is 2. The van der Waals surface area contributed by atoms with Crippen molar-refractivity contribution in [2.75, 3.05) is 25.1 Å². The fourth-order valence-electron chi connectivity index (χ4n) is 7.50. The summed E-state index contributed by atoms with van der Waals surface area (Å²) in [5.41, 5.74) is 5.90. The lowest BCUT2D eigenvalue weighted by Crippen LogP contribution is -2.74. The Morgan fingerprint density at radius 2 is 1.34 bits per heavy atom. The number of benzene rings is 5. The van der Waals surface area contributed by atoms with Crippen LogP contribution in [-0.2, 0) is 24.0 Å². The van der Waals surface area contributed by atoms with Gasteiger partial charge in [-0.1, -0.05) is 163 Å². The molecule has 2 fully saturated rings. The Balaban J connectivity index is 1.25. The number of amides is 2. The normalized spacial score (nSPS) is 19.1. The number of hydrogen-bond donors (Lipinski definition) is 2. The molecule has 2 aliphatic heterocycles. The fourth-order valence-corrected chi connectivity index (χ4v) is 13.8. The van der Waals surface area contributed by atoms with Crippen LogP contribution in [-0.4, -0.2) is 74.4 Å². The van der Waals surface area contributed by atoms with Crippen LogP contribution in [0.25, 0.3) is 0 Å². The number of carbonyl (C=O) groups is 3. The molecule has 0 saturated carbocycles. The maximum Gasteiger partial charge on any atom is 0.319 e. The highest BCUT2D eigenvalue weighted by Crippen LogP contribution is 2.51. The van der Waals surface area contributed by atoms with Crippen molar-refractivity contribution in [2.45, 2.75) is 17.5 Å². The van der Waals surface area contributed by atoms with Crippen molar-refractivity contribution in [3.05, 3.63) is 169 Å². The number of anilines is 1. The van der Waals surface area contributed by atoms with Gasteiger partial charge in [-0.05, 0) is 33.9 Å². The lowest BCUT2D eigenvalue weighted by Gasteiger charge is -2.54. The lowest BCUT2D eigenvalue weighted by atomic mass is 9.89. The number of ether oxygens (including phenoxy) is 1. The summed E-state index contributed by atoms with van der Waals surface area (Å²) in [5, 5.41) is 9.49. The minimum atomic E-state index is -2.76. The first-order valence-corrected chi connectivity index (χ1v) is 22.2. The maximum atomic E-state index is 15.5. The molecule has 292 valence electrons. The van der Waals surface area contributed by atoms with Crippen molar-refractivity contribution in [3.63, 3.8) is 0 Å². The molecule has 1 aromatic heterocycles. The van der Waals surface area contributed by atoms with E-state index in [0.29, 0.717) is 0 Å². The summed E-state index contributed by atoms with van der Waals surface area (Å²) in [6.07, 6.45) is -0.716. The Bertz CT molecular complexity index is 2350. The molecule has 6 aromatic rings. The first-order chi connectivity index (χ1) is 28.3. The van der Waals surface area contributed by atoms with Gasteiger partial charge in [0.2, 0.25) is 17.4 Å². The van der Waals surface area contributed by atoms with Gasteiger partial charge in [0.05, 0.1) is 0 Å². The summed E-state index contributed by atoms with van der Waals surface area (Å²) >= 11 is 2.34. The van der Waals surface area contributed by atoms with E-state index in [2.05, 4.69) is 62.0 Å². The van der Waals surface area contributed by atoms with E-state index in [0.717, 1.165) is 38.6 Å². The molecule has 0 spiro atoms. The third kappa shape index (κ3) is 7.44. The van der Waals surface area contributed by atoms with Crippen molar-refractivity contribution in [1.29, 1.82) is 0 Å². The zero-order chi connectivity index (χ0) is 40.1. The van der Waals surface area contributed by atoms with Gasteiger partial charge < -0.3 is 25.5 Å². The van der Waals surface area contributed by atoms with E-state index in [4.69, 9.17) is 15.3 Å².